The Morgan fingerprint density at radius 2 is 1.95 bits per heavy atom. The van der Waals surface area contributed by atoms with Crippen molar-refractivity contribution in [2.24, 2.45) is 5.73 Å². The Labute approximate surface area is 233 Å². The zero-order valence-electron chi connectivity index (χ0n) is 22.4. The second kappa shape index (κ2) is 11.2. The number of oxazole rings is 1. The molecule has 6 nitrogen and oxygen atoms in total. The van der Waals surface area contributed by atoms with Gasteiger partial charge in [-0.1, -0.05) is 48.4 Å². The summed E-state index contributed by atoms with van der Waals surface area (Å²) < 4.78 is 20.7. The third-order valence-electron chi connectivity index (χ3n) is 7.17. The van der Waals surface area contributed by atoms with Crippen LogP contribution < -0.4 is 5.73 Å². The predicted molar refractivity (Wildman–Crippen MR) is 151 cm³/mol. The van der Waals surface area contributed by atoms with Crippen molar-refractivity contribution in [2.45, 2.75) is 44.7 Å². The van der Waals surface area contributed by atoms with Crippen LogP contribution in [-0.2, 0) is 12.0 Å². The fourth-order valence-corrected chi connectivity index (χ4v) is 5.18. The molecule has 2 N–H and O–H groups in total. The molecule has 1 saturated heterocycles. The summed E-state index contributed by atoms with van der Waals surface area (Å²) in [6.07, 6.45) is 3.81. The van der Waals surface area contributed by atoms with E-state index in [4.69, 9.17) is 10.2 Å². The number of halogens is 1. The summed E-state index contributed by atoms with van der Waals surface area (Å²) in [6, 6.07) is 21.3. The van der Waals surface area contributed by atoms with E-state index in [-0.39, 0.29) is 23.4 Å². The lowest BCUT2D eigenvalue weighted by atomic mass is 9.92. The van der Waals surface area contributed by atoms with Crippen molar-refractivity contribution < 1.29 is 13.6 Å². The van der Waals surface area contributed by atoms with Crippen molar-refractivity contribution in [1.82, 2.24) is 9.88 Å². The summed E-state index contributed by atoms with van der Waals surface area (Å²) in [7, 11) is 0. The number of likely N-dealkylation sites (tertiary alicyclic amines) is 1. The molecule has 1 aliphatic rings. The van der Waals surface area contributed by atoms with Crippen LogP contribution >= 0.6 is 0 Å². The molecule has 0 aliphatic carbocycles. The fourth-order valence-electron chi connectivity index (χ4n) is 5.18. The highest BCUT2D eigenvalue weighted by molar-refractivity contribution is 5.97. The quantitative estimate of drug-likeness (QED) is 0.304. The predicted octanol–water partition coefficient (Wildman–Crippen LogP) is 6.06. The van der Waals surface area contributed by atoms with E-state index in [1.165, 1.54) is 6.07 Å². The van der Waals surface area contributed by atoms with Gasteiger partial charge in [0.15, 0.2) is 0 Å². The monoisotopic (exact) mass is 532 g/mol. The first-order chi connectivity index (χ1) is 19.3. The molecular formula is C33H29FN4O2. The number of benzene rings is 3. The van der Waals surface area contributed by atoms with E-state index in [1.807, 2.05) is 43.3 Å². The van der Waals surface area contributed by atoms with Crippen molar-refractivity contribution in [3.63, 3.8) is 0 Å². The molecule has 2 atom stereocenters. The van der Waals surface area contributed by atoms with E-state index in [1.54, 1.807) is 48.4 Å². The van der Waals surface area contributed by atoms with Crippen molar-refractivity contribution in [3.05, 3.63) is 101 Å². The minimum Gasteiger partial charge on any atom is -0.439 e. The van der Waals surface area contributed by atoms with Crippen LogP contribution in [0.4, 0.5) is 4.39 Å². The molecule has 7 heteroatoms. The molecular weight excluding hydrogens is 503 g/mol. The Kier molecular flexibility index (Phi) is 7.51. The molecule has 2 heterocycles. The van der Waals surface area contributed by atoms with Gasteiger partial charge < -0.3 is 15.1 Å². The topological polar surface area (TPSA) is 96.2 Å². The Balaban J connectivity index is 1.58. The normalized spacial score (nSPS) is 16.1. The highest BCUT2D eigenvalue weighted by atomic mass is 19.1. The van der Waals surface area contributed by atoms with Crippen LogP contribution in [0.2, 0.25) is 0 Å². The van der Waals surface area contributed by atoms with Crippen LogP contribution in [0.25, 0.3) is 22.6 Å². The van der Waals surface area contributed by atoms with Crippen molar-refractivity contribution in [1.29, 1.82) is 5.26 Å². The average Bonchev–Trinajstić information content (AvgIpc) is 3.64. The second-order valence-electron chi connectivity index (χ2n) is 10.2. The molecule has 0 bridgehead atoms. The number of carbonyl (C=O) groups is 1. The number of aromatic nitrogens is 1. The maximum absolute atomic E-state index is 14.6. The lowest BCUT2D eigenvalue weighted by molar-refractivity contribution is 0.0766. The molecule has 5 rings (SSSR count). The third kappa shape index (κ3) is 5.38. The maximum Gasteiger partial charge on any atom is 0.254 e. The molecule has 1 fully saturated rings. The molecule has 1 aromatic heterocycles. The summed E-state index contributed by atoms with van der Waals surface area (Å²) >= 11 is 0. The van der Waals surface area contributed by atoms with E-state index in [9.17, 15) is 14.4 Å². The van der Waals surface area contributed by atoms with Gasteiger partial charge in [0.1, 0.15) is 17.6 Å². The van der Waals surface area contributed by atoms with Crippen LogP contribution in [0.5, 0.6) is 0 Å². The van der Waals surface area contributed by atoms with E-state index in [0.29, 0.717) is 41.0 Å². The number of nitrogens with two attached hydrogens (primary N) is 1. The van der Waals surface area contributed by atoms with Gasteiger partial charge in [-0.3, -0.25) is 4.79 Å². The van der Waals surface area contributed by atoms with Crippen LogP contribution in [0.15, 0.2) is 77.3 Å². The minimum absolute atomic E-state index is 0.0977. The highest BCUT2D eigenvalue weighted by Gasteiger charge is 2.30. The van der Waals surface area contributed by atoms with Crippen LogP contribution in [0.1, 0.15) is 53.9 Å². The highest BCUT2D eigenvalue weighted by Crippen LogP contribution is 2.34. The summed E-state index contributed by atoms with van der Waals surface area (Å²) in [5.41, 5.74) is 8.58. The van der Waals surface area contributed by atoms with Gasteiger partial charge in [0.2, 0.25) is 5.89 Å². The number of nitrogens with zero attached hydrogens (tertiary/aromatic N) is 3. The fraction of sp³-hybridized carbons (Fsp3) is 0.242. The number of nitriles is 1. The van der Waals surface area contributed by atoms with E-state index in [2.05, 4.69) is 16.8 Å². The zero-order valence-corrected chi connectivity index (χ0v) is 22.4. The van der Waals surface area contributed by atoms with Gasteiger partial charge in [0.05, 0.1) is 23.3 Å². The average molecular weight is 533 g/mol. The van der Waals surface area contributed by atoms with Gasteiger partial charge in [-0.05, 0) is 68.5 Å². The van der Waals surface area contributed by atoms with Gasteiger partial charge in [-0.2, -0.15) is 5.26 Å². The molecule has 3 aromatic carbocycles. The second-order valence-corrected chi connectivity index (χ2v) is 10.2. The van der Waals surface area contributed by atoms with Gasteiger partial charge in [-0.25, -0.2) is 9.37 Å². The van der Waals surface area contributed by atoms with E-state index < -0.39 is 11.4 Å². The van der Waals surface area contributed by atoms with Crippen molar-refractivity contribution in [3.8, 4) is 40.5 Å². The SMILES string of the molecule is CC#C[C@H]1CCCN1C(=O)c1cc(-c2ncc([C@](C)(N)Cc3ccccc3)o2)cc(-c2cccc(F)c2C#N)c1. The largest absolute Gasteiger partial charge is 0.439 e. The molecule has 1 amide bonds. The first kappa shape index (κ1) is 26.9. The molecule has 0 spiro atoms. The Morgan fingerprint density at radius 1 is 1.18 bits per heavy atom. The number of amides is 1. The molecule has 200 valence electrons. The minimum atomic E-state index is -0.832. The summed E-state index contributed by atoms with van der Waals surface area (Å²) in [5, 5.41) is 9.68. The molecule has 0 unspecified atom stereocenters. The van der Waals surface area contributed by atoms with Crippen molar-refractivity contribution >= 4 is 5.91 Å². The number of rotatable bonds is 6. The maximum atomic E-state index is 14.6. The first-order valence-corrected chi connectivity index (χ1v) is 13.2. The molecule has 0 radical (unpaired) electrons. The zero-order chi connectivity index (χ0) is 28.3. The Bertz CT molecular complexity index is 1660. The van der Waals surface area contributed by atoms with Gasteiger partial charge in [0, 0.05) is 23.2 Å². The standard InChI is InChI=1S/C33H29FN4O2/c1-3-9-26-12-8-15-38(26)32(39)25-17-23(27-13-7-14-29(34)28(27)20-35)16-24(18-25)31-37-21-30(40-31)33(2,36)19-22-10-5-4-6-11-22/h4-7,10-11,13-14,16-18,21,26H,8,12,15,19,36H2,1-2H3/t26-,33+/m0/s1. The molecule has 0 saturated carbocycles. The van der Waals surface area contributed by atoms with Crippen LogP contribution in [-0.4, -0.2) is 28.4 Å². The molecule has 1 aliphatic heterocycles. The summed E-state index contributed by atoms with van der Waals surface area (Å²) in [5.74, 6) is 5.98. The summed E-state index contributed by atoms with van der Waals surface area (Å²) in [6.45, 7) is 4.23. The first-order valence-electron chi connectivity index (χ1n) is 13.2. The summed E-state index contributed by atoms with van der Waals surface area (Å²) in [4.78, 5) is 20.0. The lowest BCUT2D eigenvalue weighted by Crippen LogP contribution is -2.35. The Hall–Kier alpha value is -4.72. The number of hydrogen-bond acceptors (Lipinski definition) is 5. The number of hydrogen-bond donors (Lipinski definition) is 1. The van der Waals surface area contributed by atoms with Gasteiger partial charge in [-0.15, -0.1) is 5.92 Å². The van der Waals surface area contributed by atoms with E-state index in [0.717, 1.165) is 18.4 Å². The smallest absolute Gasteiger partial charge is 0.254 e. The molecule has 40 heavy (non-hydrogen) atoms. The van der Waals surface area contributed by atoms with E-state index >= 15 is 0 Å². The van der Waals surface area contributed by atoms with Gasteiger partial charge >= 0.3 is 0 Å². The number of carbonyl (C=O) groups excluding carboxylic acids is 1. The third-order valence-corrected chi connectivity index (χ3v) is 7.17. The van der Waals surface area contributed by atoms with Gasteiger partial charge in [0.25, 0.3) is 5.91 Å². The Morgan fingerprint density at radius 3 is 2.70 bits per heavy atom. The van der Waals surface area contributed by atoms with Crippen LogP contribution in [0, 0.1) is 29.0 Å². The van der Waals surface area contributed by atoms with Crippen molar-refractivity contribution in [2.75, 3.05) is 6.54 Å². The lowest BCUT2D eigenvalue weighted by Gasteiger charge is -2.22. The molecule has 4 aromatic rings. The van der Waals surface area contributed by atoms with Crippen LogP contribution in [0.3, 0.4) is 0 Å².